The number of aromatic carboxylic acids is 1. The number of guanidine groups is 2. The largest absolute Gasteiger partial charge is 0.508 e. The number of ether oxygens (including phenoxy) is 1. The molecule has 0 spiro atoms. The number of aliphatic hydroxyl groups is 1. The van der Waals surface area contributed by atoms with Gasteiger partial charge in [0.1, 0.15) is 23.0 Å². The highest BCUT2D eigenvalue weighted by Crippen LogP contribution is 2.50. The predicted octanol–water partition coefficient (Wildman–Crippen LogP) is -4.68. The Morgan fingerprint density at radius 2 is 0.935 bits per heavy atom. The molecule has 3 aromatic rings. The van der Waals surface area contributed by atoms with Crippen molar-refractivity contribution in [1.29, 1.82) is 0 Å². The van der Waals surface area contributed by atoms with E-state index in [-0.39, 0.29) is 115 Å². The lowest BCUT2D eigenvalue weighted by Gasteiger charge is -2.32. The van der Waals surface area contributed by atoms with Gasteiger partial charge in [-0.25, -0.2) is 46.9 Å². The average Bonchev–Trinajstić information content (AvgIpc) is 0.746. The zero-order chi connectivity index (χ0) is 92.7. The van der Waals surface area contributed by atoms with Crippen molar-refractivity contribution in [1.82, 2.24) is 58.7 Å². The molecule has 25 N–H and O–H groups in total. The summed E-state index contributed by atoms with van der Waals surface area (Å²) in [6.45, 7) is -1.56. The van der Waals surface area contributed by atoms with E-state index in [1.165, 1.54) is 44.3 Å². The van der Waals surface area contributed by atoms with Crippen molar-refractivity contribution in [2.45, 2.75) is 128 Å². The van der Waals surface area contributed by atoms with E-state index in [9.17, 15) is 106 Å². The number of phenols is 2. The second kappa shape index (κ2) is 49.2. The van der Waals surface area contributed by atoms with Crippen LogP contribution in [0.1, 0.15) is 119 Å². The van der Waals surface area contributed by atoms with E-state index in [0.717, 1.165) is 16.8 Å². The molecule has 1 unspecified atom stereocenters. The molecule has 6 amide bonds. The molecule has 1 heterocycles. The molecule has 0 radical (unpaired) electrons. The summed E-state index contributed by atoms with van der Waals surface area (Å²) < 4.78 is 147. The quantitative estimate of drug-likeness (QED) is 0.00855. The summed E-state index contributed by atoms with van der Waals surface area (Å²) in [5.74, 6) is -12.2. The molecule has 0 fully saturated rings. The number of carboxylic acids is 2. The molecule has 123 heavy (non-hydrogen) atoms. The summed E-state index contributed by atoms with van der Waals surface area (Å²) >= 11 is 5.48. The van der Waals surface area contributed by atoms with E-state index in [1.54, 1.807) is 52.0 Å². The van der Waals surface area contributed by atoms with E-state index in [0.29, 0.717) is 33.9 Å². The van der Waals surface area contributed by atoms with Crippen LogP contribution < -0.4 is 81.7 Å². The van der Waals surface area contributed by atoms with Gasteiger partial charge in [-0.2, -0.15) is 21.5 Å². The molecule has 0 aliphatic carbocycles. The van der Waals surface area contributed by atoms with Gasteiger partial charge in [0, 0.05) is 144 Å². The molecule has 3 aromatic carbocycles. The van der Waals surface area contributed by atoms with Crippen molar-refractivity contribution in [3.05, 3.63) is 76.9 Å². The molecule has 51 heteroatoms. The van der Waals surface area contributed by atoms with Crippen molar-refractivity contribution in [2.24, 2.45) is 56.2 Å². The van der Waals surface area contributed by atoms with Gasteiger partial charge >= 0.3 is 11.9 Å². The number of aromatic hydroxyl groups is 2. The number of carbonyl (C=O) groups is 8. The van der Waals surface area contributed by atoms with Gasteiger partial charge in [-0.1, -0.05) is 45.9 Å². The number of nitrogens with two attached hydrogens (primary N) is 6. The number of nitrogens with zero attached hydrogens (tertiary/aromatic N) is 7. The van der Waals surface area contributed by atoms with Gasteiger partial charge in [-0.3, -0.25) is 43.5 Å². The minimum atomic E-state index is -4.56. The number of likely N-dealkylation sites (N-methyl/N-ethyl adjacent to an activating group) is 1. The van der Waals surface area contributed by atoms with E-state index in [2.05, 4.69) is 52.5 Å². The highest BCUT2D eigenvalue weighted by atomic mass is 32.2. The van der Waals surface area contributed by atoms with Crippen molar-refractivity contribution in [3.8, 4) is 23.0 Å². The van der Waals surface area contributed by atoms with Crippen LogP contribution in [0.2, 0.25) is 0 Å². The van der Waals surface area contributed by atoms with Crippen LogP contribution in [-0.2, 0) is 83.7 Å². The number of aliphatic hydroxyl groups excluding tert-OH is 1. The van der Waals surface area contributed by atoms with Crippen molar-refractivity contribution in [3.63, 3.8) is 0 Å². The number of carboxylic acid groups (broad SMARTS) is 2. The number of benzene rings is 3. The summed E-state index contributed by atoms with van der Waals surface area (Å²) in [5, 5.41) is 72.4. The lowest BCUT2D eigenvalue weighted by Crippen LogP contribution is -2.56. The Kier molecular flexibility index (Phi) is 42.4. The van der Waals surface area contributed by atoms with Crippen molar-refractivity contribution >= 4 is 132 Å². The second-order valence-electron chi connectivity index (χ2n) is 30.2. The summed E-state index contributed by atoms with van der Waals surface area (Å²) in [5.41, 5.74) is 35.1. The summed E-state index contributed by atoms with van der Waals surface area (Å²) in [6, 6.07) is 6.62. The first-order chi connectivity index (χ1) is 57.2. The molecular formula is C72H119N21O24S6. The third-order valence-corrected chi connectivity index (χ3v) is 27.0. The van der Waals surface area contributed by atoms with Crippen LogP contribution in [0.25, 0.3) is 0 Å². The Bertz CT molecular complexity index is 4760. The fourth-order valence-electron chi connectivity index (χ4n) is 12.9. The van der Waals surface area contributed by atoms with E-state index >= 15 is 0 Å². The highest BCUT2D eigenvalue weighted by Gasteiger charge is 2.38. The number of thiocarbonyl (C=S) groups is 1. The summed E-state index contributed by atoms with van der Waals surface area (Å²) in [4.78, 5) is 116. The Morgan fingerprint density at radius 3 is 1.36 bits per heavy atom. The predicted molar refractivity (Wildman–Crippen MR) is 463 cm³/mol. The normalized spacial score (nSPS) is 14.1. The number of nitrogens with one attached hydrogen (secondary N) is 8. The van der Waals surface area contributed by atoms with Crippen LogP contribution in [0, 0.1) is 11.8 Å². The number of aliphatic carboxylic acids is 1. The van der Waals surface area contributed by atoms with Gasteiger partial charge in [0.15, 0.2) is 17.0 Å². The van der Waals surface area contributed by atoms with Gasteiger partial charge in [-0.15, -0.1) is 0 Å². The Hall–Kier alpha value is -9.52. The Morgan fingerprint density at radius 1 is 0.520 bits per heavy atom. The first kappa shape index (κ1) is 106. The maximum atomic E-state index is 14.4. The Balaban J connectivity index is 1.57. The monoisotopic (exact) mass is 1850 g/mol. The zero-order valence-corrected chi connectivity index (χ0v) is 74.7. The molecule has 0 bridgehead atoms. The number of sulfonamides is 5. The number of anilines is 1. The smallest absolute Gasteiger partial charge is 0.336 e. The van der Waals surface area contributed by atoms with Crippen LogP contribution in [0.4, 0.5) is 5.69 Å². The van der Waals surface area contributed by atoms with Crippen molar-refractivity contribution < 1.29 is 111 Å². The number of rotatable bonds is 56. The minimum Gasteiger partial charge on any atom is -0.508 e. The zero-order valence-electron chi connectivity index (χ0n) is 69.8. The molecule has 0 saturated heterocycles. The SMILES string of the molecule is CNC(=O)CN(C[C@@H](NC(=O)CN(C[C@H](CC(C)C)NC(=O)CN(C[C@H](CCCN=C(N)N)NC(=O)CN(C[C@H](CCCN=C(N)N)NC(=O)CN(C[C@H](CCC(=O)O)NC(=O)CCNC(=S)Nc1ccc(C2c3ccc(O)cc3Oc3cc(O)ccc32)c(C(=O)O)c1)S(=O)(=O)CCN)S(C)(=O)=O)S(C)(=O)=O)S(=O)(=O)CCN)C(C)O)S(=O)(=O)CC(C)C. The molecule has 45 nitrogen and oxygen atoms in total. The van der Waals surface area contributed by atoms with E-state index in [4.69, 9.17) is 51.4 Å². The number of amides is 6. The molecule has 4 rings (SSSR count). The minimum absolute atomic E-state index is 0.00498. The molecule has 6 atom stereocenters. The van der Waals surface area contributed by atoms with E-state index < -0.39 is 254 Å². The fraction of sp³-hybridized carbons (Fsp3) is 0.597. The maximum Gasteiger partial charge on any atom is 0.336 e. The first-order valence-corrected chi connectivity index (χ1v) is 47.9. The van der Waals surface area contributed by atoms with E-state index in [1.807, 2.05) is 0 Å². The lowest BCUT2D eigenvalue weighted by atomic mass is 9.80. The van der Waals surface area contributed by atoms with Crippen molar-refractivity contribution in [2.75, 3.05) is 140 Å². The number of fused-ring (bicyclic) bond motifs is 2. The summed E-state index contributed by atoms with van der Waals surface area (Å²) in [6.07, 6.45) is -1.69. The number of aliphatic imine (C=N–C) groups is 2. The maximum absolute atomic E-state index is 14.4. The number of hydrogen-bond acceptors (Lipinski definition) is 27. The fourth-order valence-corrected chi connectivity index (χ4v) is 19.1. The highest BCUT2D eigenvalue weighted by molar-refractivity contribution is 7.90. The van der Waals surface area contributed by atoms with Crippen LogP contribution in [-0.4, -0.2) is 325 Å². The third kappa shape index (κ3) is 37.4. The molecule has 1 aliphatic rings. The first-order valence-electron chi connectivity index (χ1n) is 38.9. The molecule has 0 saturated carbocycles. The van der Waals surface area contributed by atoms with Gasteiger partial charge in [-0.05, 0) is 99.3 Å². The van der Waals surface area contributed by atoms with Crippen LogP contribution in [0.3, 0.4) is 0 Å². The standard InChI is InChI=1S/C72H119N21O24S6/c1-44(2)29-51(36-92(122(113,114)28-23-74)42-66(102)88-58(46(5)94)37-93(38-62(98)79-6)123(115,116)43-45(3)4)86-64(100)40-90(120(8,109)110)33-48(11-9-24-80-70(75)76)84-63(99)39-89(119(7,107)108)34-49(12-10-25-81-71(77)78)85-65(101)41-91(121(111,112)27-22-73)35-50(14-20-67(103)104)83-61(97)21-26-82-72(118)87-47-13-17-54(57(30-47)69(105)106)68-55-18-15-52(95)31-59(55)117-60-32-53(96)16-19-56(60)68/h13,15-19,30-32,44-46,48-51,58,68,94-96H,9-12,14,20-29,33-43,73-74H2,1-8H3,(H,79,98)(H,83,97)(H,84,99)(H,85,101)(H,86,100)(H,88,102)(H,103,104)(H,105,106)(H4,75,76,80)(H4,77,78,81)(H2,82,87,118)/t46?,48-,49-,50-,51-,58+/m0/s1. The van der Waals surface area contributed by atoms with Gasteiger partial charge < -0.3 is 107 Å². The lowest BCUT2D eigenvalue weighted by molar-refractivity contribution is -0.137. The average molecular weight is 1860 g/mol. The van der Waals surface area contributed by atoms with Crippen LogP contribution in [0.15, 0.2) is 64.6 Å². The second-order valence-corrected chi connectivity index (χ2v) is 40.8. The van der Waals surface area contributed by atoms with Gasteiger partial charge in [0.25, 0.3) is 0 Å². The number of carbonyl (C=O) groups excluding carboxylic acids is 6. The number of phenolic OH excluding ortho intramolecular Hbond substituents is 2. The Labute approximate surface area is 722 Å². The molecule has 1 aliphatic heterocycles. The molecule has 0 aromatic heterocycles. The summed E-state index contributed by atoms with van der Waals surface area (Å²) in [7, 11) is -20.9. The third-order valence-electron chi connectivity index (χ3n) is 18.6. The number of hydrogen-bond donors (Lipinski definition) is 19. The van der Waals surface area contributed by atoms with Gasteiger partial charge in [0.05, 0.1) is 80.2 Å². The van der Waals surface area contributed by atoms with Crippen LogP contribution >= 0.6 is 12.2 Å². The topological polar surface area (TPSA) is 711 Å². The molecular weight excluding hydrogens is 1740 g/mol. The van der Waals surface area contributed by atoms with Crippen LogP contribution in [0.5, 0.6) is 23.0 Å². The molecule has 692 valence electrons. The van der Waals surface area contributed by atoms with Gasteiger partial charge in [0.2, 0.25) is 85.6 Å².